The van der Waals surface area contributed by atoms with Crippen LogP contribution < -0.4 is 5.73 Å². The van der Waals surface area contributed by atoms with Crippen molar-refractivity contribution in [3.8, 4) is 0 Å². The van der Waals surface area contributed by atoms with Crippen LogP contribution in [0.15, 0.2) is 24.3 Å². The van der Waals surface area contributed by atoms with Crippen LogP contribution in [0.3, 0.4) is 0 Å². The number of ether oxygens (including phenoxy) is 1. The highest BCUT2D eigenvalue weighted by molar-refractivity contribution is 5.29. The number of benzene rings is 1. The quantitative estimate of drug-likeness (QED) is 0.851. The summed E-state index contributed by atoms with van der Waals surface area (Å²) in [5, 5.41) is 0. The van der Waals surface area contributed by atoms with E-state index in [1.807, 2.05) is 0 Å². The third-order valence-corrected chi connectivity index (χ3v) is 3.75. The Hall–Kier alpha value is -0.860. The molecule has 0 spiro atoms. The van der Waals surface area contributed by atoms with Crippen LogP contribution in [-0.2, 0) is 10.3 Å². The van der Waals surface area contributed by atoms with Gasteiger partial charge in [0.25, 0.3) is 0 Å². The maximum atomic E-state index is 6.05. The average molecular weight is 233 g/mol. The molecule has 2 heteroatoms. The van der Waals surface area contributed by atoms with Crippen LogP contribution >= 0.6 is 0 Å². The van der Waals surface area contributed by atoms with Crippen LogP contribution in [0.2, 0.25) is 0 Å². The van der Waals surface area contributed by atoms with Crippen LogP contribution in [0.1, 0.15) is 50.7 Å². The Balaban J connectivity index is 2.21. The van der Waals surface area contributed by atoms with Crippen LogP contribution in [0.4, 0.5) is 0 Å². The lowest BCUT2D eigenvalue weighted by Gasteiger charge is -2.37. The molecule has 0 aromatic heterocycles. The molecule has 1 aliphatic rings. The van der Waals surface area contributed by atoms with E-state index in [1.165, 1.54) is 11.1 Å². The van der Waals surface area contributed by atoms with Crippen molar-refractivity contribution in [2.75, 3.05) is 6.61 Å². The van der Waals surface area contributed by atoms with Crippen molar-refractivity contribution in [1.29, 1.82) is 0 Å². The Labute approximate surface area is 104 Å². The van der Waals surface area contributed by atoms with E-state index in [0.29, 0.717) is 5.92 Å². The monoisotopic (exact) mass is 233 g/mol. The molecule has 1 aromatic carbocycles. The van der Waals surface area contributed by atoms with Gasteiger partial charge in [0.1, 0.15) is 0 Å². The van der Waals surface area contributed by atoms with Crippen LogP contribution in [-0.4, -0.2) is 12.6 Å². The van der Waals surface area contributed by atoms with Gasteiger partial charge in [-0.2, -0.15) is 0 Å². The van der Waals surface area contributed by atoms with Crippen LogP contribution in [0.25, 0.3) is 0 Å². The first-order valence-corrected chi connectivity index (χ1v) is 6.51. The Morgan fingerprint density at radius 3 is 2.47 bits per heavy atom. The van der Waals surface area contributed by atoms with Gasteiger partial charge in [-0.15, -0.1) is 0 Å². The fraction of sp³-hybridized carbons (Fsp3) is 0.600. The SMILES string of the molecule is CC(C)c1ccc(C2(C)CC(N)CCO2)cc1. The molecule has 0 radical (unpaired) electrons. The number of rotatable bonds is 2. The van der Waals surface area contributed by atoms with E-state index in [4.69, 9.17) is 10.5 Å². The van der Waals surface area contributed by atoms with Gasteiger partial charge >= 0.3 is 0 Å². The Morgan fingerprint density at radius 2 is 1.94 bits per heavy atom. The first kappa shape index (κ1) is 12.6. The highest BCUT2D eigenvalue weighted by Gasteiger charge is 2.33. The zero-order valence-electron chi connectivity index (χ0n) is 11.1. The molecule has 2 nitrogen and oxygen atoms in total. The molecule has 0 aliphatic carbocycles. The van der Waals surface area contributed by atoms with Gasteiger partial charge < -0.3 is 10.5 Å². The van der Waals surface area contributed by atoms with Gasteiger partial charge in [0.2, 0.25) is 0 Å². The summed E-state index contributed by atoms with van der Waals surface area (Å²) < 4.78 is 5.94. The van der Waals surface area contributed by atoms with E-state index in [0.717, 1.165) is 19.4 Å². The molecule has 0 amide bonds. The lowest BCUT2D eigenvalue weighted by Crippen LogP contribution is -2.41. The summed E-state index contributed by atoms with van der Waals surface area (Å²) in [5.41, 5.74) is 8.46. The Morgan fingerprint density at radius 1 is 1.29 bits per heavy atom. The molecule has 1 aliphatic heterocycles. The minimum atomic E-state index is -0.201. The van der Waals surface area contributed by atoms with Crippen molar-refractivity contribution in [3.05, 3.63) is 35.4 Å². The minimum absolute atomic E-state index is 0.201. The highest BCUT2D eigenvalue weighted by Crippen LogP contribution is 2.34. The number of hydrogen-bond acceptors (Lipinski definition) is 2. The molecule has 94 valence electrons. The Kier molecular flexibility index (Phi) is 3.55. The van der Waals surface area contributed by atoms with Crippen molar-refractivity contribution in [2.45, 2.75) is 51.2 Å². The minimum Gasteiger partial charge on any atom is -0.370 e. The molecule has 17 heavy (non-hydrogen) atoms. The van der Waals surface area contributed by atoms with E-state index in [2.05, 4.69) is 45.0 Å². The Bertz CT molecular complexity index is 371. The van der Waals surface area contributed by atoms with Gasteiger partial charge in [-0.1, -0.05) is 38.1 Å². The third kappa shape index (κ3) is 2.70. The molecule has 2 N–H and O–H groups in total. The first-order chi connectivity index (χ1) is 8.01. The molecule has 1 saturated heterocycles. The van der Waals surface area contributed by atoms with E-state index < -0.39 is 0 Å². The van der Waals surface area contributed by atoms with Gasteiger partial charge in [-0.3, -0.25) is 0 Å². The van der Waals surface area contributed by atoms with Crippen LogP contribution in [0.5, 0.6) is 0 Å². The van der Waals surface area contributed by atoms with E-state index in [9.17, 15) is 0 Å². The number of nitrogens with two attached hydrogens (primary N) is 1. The molecular formula is C15H23NO. The maximum Gasteiger partial charge on any atom is 0.0918 e. The molecule has 2 unspecified atom stereocenters. The second-order valence-corrected chi connectivity index (χ2v) is 5.61. The van der Waals surface area contributed by atoms with Gasteiger partial charge in [-0.25, -0.2) is 0 Å². The predicted octanol–water partition coefficient (Wildman–Crippen LogP) is 3.16. The fourth-order valence-electron chi connectivity index (χ4n) is 2.52. The second kappa shape index (κ2) is 4.79. The van der Waals surface area contributed by atoms with Crippen molar-refractivity contribution >= 4 is 0 Å². The standard InChI is InChI=1S/C15H23NO/c1-11(2)12-4-6-13(7-5-12)15(3)10-14(16)8-9-17-15/h4-7,11,14H,8-10,16H2,1-3H3. The molecule has 1 fully saturated rings. The summed E-state index contributed by atoms with van der Waals surface area (Å²) in [6.07, 6.45) is 1.88. The number of hydrogen-bond donors (Lipinski definition) is 1. The zero-order chi connectivity index (χ0) is 12.5. The van der Waals surface area contributed by atoms with Crippen molar-refractivity contribution in [1.82, 2.24) is 0 Å². The summed E-state index contributed by atoms with van der Waals surface area (Å²) >= 11 is 0. The summed E-state index contributed by atoms with van der Waals surface area (Å²) in [6.45, 7) is 7.34. The van der Waals surface area contributed by atoms with Crippen molar-refractivity contribution in [2.24, 2.45) is 5.73 Å². The molecule has 1 aromatic rings. The van der Waals surface area contributed by atoms with E-state index >= 15 is 0 Å². The molecule has 0 saturated carbocycles. The topological polar surface area (TPSA) is 35.2 Å². The molecule has 2 atom stereocenters. The lowest BCUT2D eigenvalue weighted by molar-refractivity contribution is -0.0766. The molecule has 2 rings (SSSR count). The fourth-order valence-corrected chi connectivity index (χ4v) is 2.52. The molecular weight excluding hydrogens is 210 g/mol. The molecule has 0 bridgehead atoms. The van der Waals surface area contributed by atoms with Gasteiger partial charge in [0.15, 0.2) is 0 Å². The van der Waals surface area contributed by atoms with Gasteiger partial charge in [0, 0.05) is 12.6 Å². The molecule has 1 heterocycles. The summed E-state index contributed by atoms with van der Waals surface area (Å²) in [5.74, 6) is 0.575. The zero-order valence-corrected chi connectivity index (χ0v) is 11.1. The smallest absolute Gasteiger partial charge is 0.0918 e. The largest absolute Gasteiger partial charge is 0.370 e. The van der Waals surface area contributed by atoms with E-state index in [1.54, 1.807) is 0 Å². The summed E-state index contributed by atoms with van der Waals surface area (Å²) in [4.78, 5) is 0. The summed E-state index contributed by atoms with van der Waals surface area (Å²) in [6, 6.07) is 9.04. The summed E-state index contributed by atoms with van der Waals surface area (Å²) in [7, 11) is 0. The third-order valence-electron chi connectivity index (χ3n) is 3.75. The average Bonchev–Trinajstić information content (AvgIpc) is 2.29. The van der Waals surface area contributed by atoms with Crippen molar-refractivity contribution < 1.29 is 4.74 Å². The predicted molar refractivity (Wildman–Crippen MR) is 71.0 cm³/mol. The van der Waals surface area contributed by atoms with Crippen molar-refractivity contribution in [3.63, 3.8) is 0 Å². The lowest BCUT2D eigenvalue weighted by atomic mass is 9.85. The van der Waals surface area contributed by atoms with Crippen LogP contribution in [0, 0.1) is 0 Å². The highest BCUT2D eigenvalue weighted by atomic mass is 16.5. The first-order valence-electron chi connectivity index (χ1n) is 6.51. The normalized spacial score (nSPS) is 29.6. The van der Waals surface area contributed by atoms with Gasteiger partial charge in [-0.05, 0) is 36.8 Å². The van der Waals surface area contributed by atoms with Gasteiger partial charge in [0.05, 0.1) is 5.60 Å². The second-order valence-electron chi connectivity index (χ2n) is 5.61. The van der Waals surface area contributed by atoms with E-state index in [-0.39, 0.29) is 11.6 Å². The maximum absolute atomic E-state index is 6.05.